The van der Waals surface area contributed by atoms with Crippen LogP contribution in [0.3, 0.4) is 0 Å². The molecule has 0 radical (unpaired) electrons. The predicted octanol–water partition coefficient (Wildman–Crippen LogP) is 4.52. The Morgan fingerprint density at radius 2 is 1.80 bits per heavy atom. The Morgan fingerprint density at radius 1 is 1.05 bits per heavy atom. The first-order chi connectivity index (χ1) is 9.54. The van der Waals surface area contributed by atoms with Crippen LogP contribution in [0.2, 0.25) is 5.15 Å². The minimum Gasteiger partial charge on any atom is -0.474 e. The Kier molecular flexibility index (Phi) is 3.89. The fourth-order valence-corrected chi connectivity index (χ4v) is 3.05. The first-order valence-corrected chi connectivity index (χ1v) is 8.13. The number of nitrogens with zero attached hydrogens (tertiary/aromatic N) is 2. The van der Waals surface area contributed by atoms with Gasteiger partial charge in [-0.3, -0.25) is 0 Å². The molecule has 110 valence electrons. The standard InChI is InChI=1S/C16H23ClN2O/c1-9-4-7-13(8-10(9)2)20-16-11(3)14(17)18-15(19-16)12-5-6-12/h9-10,12-13H,4-8H2,1-3H3. The molecule has 0 aliphatic heterocycles. The summed E-state index contributed by atoms with van der Waals surface area (Å²) in [5, 5.41) is 0.550. The van der Waals surface area contributed by atoms with Crippen LogP contribution in [0.4, 0.5) is 0 Å². The monoisotopic (exact) mass is 294 g/mol. The van der Waals surface area contributed by atoms with E-state index in [9.17, 15) is 0 Å². The van der Waals surface area contributed by atoms with Crippen molar-refractivity contribution in [2.45, 2.75) is 64.9 Å². The van der Waals surface area contributed by atoms with E-state index >= 15 is 0 Å². The van der Waals surface area contributed by atoms with Crippen LogP contribution in [0.1, 0.15) is 63.3 Å². The highest BCUT2D eigenvalue weighted by atomic mass is 35.5. The zero-order valence-corrected chi connectivity index (χ0v) is 13.3. The summed E-state index contributed by atoms with van der Waals surface area (Å²) in [5.74, 6) is 3.59. The van der Waals surface area contributed by atoms with E-state index in [-0.39, 0.29) is 6.10 Å². The SMILES string of the molecule is Cc1c(Cl)nc(C2CC2)nc1OC1CCC(C)C(C)C1. The Labute approximate surface area is 126 Å². The van der Waals surface area contributed by atoms with Gasteiger partial charge in [-0.05, 0) is 50.9 Å². The van der Waals surface area contributed by atoms with Gasteiger partial charge in [0.1, 0.15) is 17.1 Å². The molecule has 3 rings (SSSR count). The normalized spacial score (nSPS) is 30.3. The van der Waals surface area contributed by atoms with E-state index in [1.165, 1.54) is 19.3 Å². The molecule has 4 heteroatoms. The van der Waals surface area contributed by atoms with E-state index in [4.69, 9.17) is 16.3 Å². The van der Waals surface area contributed by atoms with Crippen molar-refractivity contribution in [2.24, 2.45) is 11.8 Å². The van der Waals surface area contributed by atoms with Gasteiger partial charge in [-0.2, -0.15) is 4.98 Å². The number of rotatable bonds is 3. The summed E-state index contributed by atoms with van der Waals surface area (Å²) < 4.78 is 6.17. The van der Waals surface area contributed by atoms with Gasteiger partial charge in [-0.25, -0.2) is 4.98 Å². The molecule has 1 aromatic heterocycles. The molecule has 0 N–H and O–H groups in total. The fraction of sp³-hybridized carbons (Fsp3) is 0.750. The molecule has 0 aromatic carbocycles. The maximum Gasteiger partial charge on any atom is 0.221 e. The lowest BCUT2D eigenvalue weighted by Crippen LogP contribution is -2.29. The number of hydrogen-bond acceptors (Lipinski definition) is 3. The average molecular weight is 295 g/mol. The summed E-state index contributed by atoms with van der Waals surface area (Å²) in [6.07, 6.45) is 6.09. The molecule has 0 bridgehead atoms. The van der Waals surface area contributed by atoms with Crippen molar-refractivity contribution in [1.82, 2.24) is 9.97 Å². The van der Waals surface area contributed by atoms with E-state index in [0.29, 0.717) is 22.9 Å². The van der Waals surface area contributed by atoms with Crippen molar-refractivity contribution in [2.75, 3.05) is 0 Å². The van der Waals surface area contributed by atoms with Gasteiger partial charge >= 0.3 is 0 Å². The molecule has 20 heavy (non-hydrogen) atoms. The van der Waals surface area contributed by atoms with E-state index in [2.05, 4.69) is 23.8 Å². The minimum absolute atomic E-state index is 0.276. The Bertz CT molecular complexity index is 501. The highest BCUT2D eigenvalue weighted by molar-refractivity contribution is 6.30. The lowest BCUT2D eigenvalue weighted by atomic mass is 9.80. The Hall–Kier alpha value is -0.830. The lowest BCUT2D eigenvalue weighted by molar-refractivity contribution is 0.0954. The van der Waals surface area contributed by atoms with Crippen LogP contribution in [0.5, 0.6) is 5.88 Å². The quantitative estimate of drug-likeness (QED) is 0.769. The Balaban J connectivity index is 1.76. The summed E-state index contributed by atoms with van der Waals surface area (Å²) in [7, 11) is 0. The number of hydrogen-bond donors (Lipinski definition) is 0. The van der Waals surface area contributed by atoms with Gasteiger partial charge in [0.05, 0.1) is 0 Å². The molecule has 2 saturated carbocycles. The van der Waals surface area contributed by atoms with E-state index < -0.39 is 0 Å². The summed E-state index contributed by atoms with van der Waals surface area (Å²) in [6, 6.07) is 0. The third-order valence-electron chi connectivity index (χ3n) is 4.83. The molecule has 1 aromatic rings. The smallest absolute Gasteiger partial charge is 0.221 e. The van der Waals surface area contributed by atoms with Gasteiger partial charge in [0.25, 0.3) is 0 Å². The second-order valence-corrected chi connectivity index (χ2v) is 6.94. The topological polar surface area (TPSA) is 35.0 Å². The van der Waals surface area contributed by atoms with Crippen LogP contribution in [0, 0.1) is 18.8 Å². The highest BCUT2D eigenvalue weighted by Crippen LogP contribution is 2.40. The van der Waals surface area contributed by atoms with Gasteiger partial charge in [-0.15, -0.1) is 0 Å². The summed E-state index contributed by atoms with van der Waals surface area (Å²) >= 11 is 6.23. The zero-order chi connectivity index (χ0) is 14.3. The highest BCUT2D eigenvalue weighted by Gasteiger charge is 2.30. The molecule has 0 spiro atoms. The number of halogens is 1. The van der Waals surface area contributed by atoms with Gasteiger partial charge < -0.3 is 4.74 Å². The van der Waals surface area contributed by atoms with Crippen LogP contribution in [0.15, 0.2) is 0 Å². The van der Waals surface area contributed by atoms with Gasteiger partial charge in [0, 0.05) is 11.5 Å². The predicted molar refractivity (Wildman–Crippen MR) is 80.3 cm³/mol. The molecular weight excluding hydrogens is 272 g/mol. The third-order valence-corrected chi connectivity index (χ3v) is 5.20. The summed E-state index contributed by atoms with van der Waals surface area (Å²) in [4.78, 5) is 9.01. The first-order valence-electron chi connectivity index (χ1n) is 7.75. The van der Waals surface area contributed by atoms with Crippen LogP contribution in [0.25, 0.3) is 0 Å². The van der Waals surface area contributed by atoms with Crippen molar-refractivity contribution >= 4 is 11.6 Å². The van der Waals surface area contributed by atoms with Crippen LogP contribution in [-0.4, -0.2) is 16.1 Å². The van der Waals surface area contributed by atoms with Crippen molar-refractivity contribution in [3.63, 3.8) is 0 Å². The van der Waals surface area contributed by atoms with Crippen LogP contribution < -0.4 is 4.74 Å². The second-order valence-electron chi connectivity index (χ2n) is 6.58. The molecule has 2 fully saturated rings. The van der Waals surface area contributed by atoms with Gasteiger partial charge in [0.15, 0.2) is 0 Å². The van der Waals surface area contributed by atoms with E-state index in [1.807, 2.05) is 6.92 Å². The van der Waals surface area contributed by atoms with Crippen molar-refractivity contribution in [3.05, 3.63) is 16.5 Å². The minimum atomic E-state index is 0.276. The van der Waals surface area contributed by atoms with Crippen molar-refractivity contribution in [3.8, 4) is 5.88 Å². The van der Waals surface area contributed by atoms with Crippen LogP contribution in [-0.2, 0) is 0 Å². The Morgan fingerprint density at radius 3 is 2.45 bits per heavy atom. The average Bonchev–Trinajstić information content (AvgIpc) is 3.23. The van der Waals surface area contributed by atoms with Crippen molar-refractivity contribution < 1.29 is 4.74 Å². The first kappa shape index (κ1) is 14.1. The van der Waals surface area contributed by atoms with E-state index in [0.717, 1.165) is 30.1 Å². The van der Waals surface area contributed by atoms with E-state index in [1.54, 1.807) is 0 Å². The maximum atomic E-state index is 6.23. The molecule has 2 aliphatic carbocycles. The summed E-state index contributed by atoms with van der Waals surface area (Å²) in [6.45, 7) is 6.59. The van der Waals surface area contributed by atoms with Gasteiger partial charge in [0.2, 0.25) is 5.88 Å². The molecule has 3 atom stereocenters. The number of ether oxygens (including phenoxy) is 1. The molecule has 0 amide bonds. The van der Waals surface area contributed by atoms with Crippen LogP contribution >= 0.6 is 11.6 Å². The second kappa shape index (κ2) is 5.51. The maximum absolute atomic E-state index is 6.23. The number of aromatic nitrogens is 2. The fourth-order valence-electron chi connectivity index (χ4n) is 2.89. The molecule has 3 unspecified atom stereocenters. The molecule has 0 saturated heterocycles. The zero-order valence-electron chi connectivity index (χ0n) is 12.5. The largest absolute Gasteiger partial charge is 0.474 e. The molecular formula is C16H23ClN2O. The molecule has 2 aliphatic rings. The van der Waals surface area contributed by atoms with Gasteiger partial charge in [-0.1, -0.05) is 25.4 Å². The lowest BCUT2D eigenvalue weighted by Gasteiger charge is -2.32. The van der Waals surface area contributed by atoms with Crippen molar-refractivity contribution in [1.29, 1.82) is 0 Å². The molecule has 3 nitrogen and oxygen atoms in total. The molecule has 1 heterocycles. The summed E-state index contributed by atoms with van der Waals surface area (Å²) in [5.41, 5.74) is 0.877. The third kappa shape index (κ3) is 2.93.